The smallest absolute Gasteiger partial charge is 0.342 e. The fraction of sp³-hybridized carbons (Fsp3) is 0.225. The number of nitrogens with zero attached hydrogens (tertiary/aromatic N) is 8. The molecule has 4 amide bonds. The Morgan fingerprint density at radius 2 is 0.731 bits per heavy atom. The number of thiophene rings is 2. The van der Waals surface area contributed by atoms with Gasteiger partial charge in [0.2, 0.25) is 12.1 Å². The quantitative estimate of drug-likeness (QED) is 0.0131. The molecule has 0 spiro atoms. The topological polar surface area (TPSA) is 239 Å². The minimum atomic E-state index is -1.52. The van der Waals surface area contributed by atoms with E-state index in [-0.39, 0.29) is 25.0 Å². The van der Waals surface area contributed by atoms with Gasteiger partial charge in [-0.15, -0.1) is 48.4 Å². The normalized spacial score (nSPS) is 16.8. The molecule has 524 valence electrons. The first-order valence-corrected chi connectivity index (χ1v) is 34.0. The van der Waals surface area contributed by atoms with Gasteiger partial charge in [0.15, 0.2) is 39.3 Å². The van der Waals surface area contributed by atoms with Gasteiger partial charge in [-0.3, -0.25) is 39.1 Å². The number of hydrogen-bond donors (Lipinski definition) is 0. The molecule has 12 rings (SSSR count). The number of amides is 4. The molecular formula is C80H68N8O14S2. The lowest BCUT2D eigenvalue weighted by atomic mass is 9.95. The molecule has 8 aromatic rings. The Bertz CT molecular complexity index is 5040. The molecular weight excluding hydrogens is 1360 g/mol. The van der Waals surface area contributed by atoms with Crippen molar-refractivity contribution in [1.29, 1.82) is 0 Å². The van der Waals surface area contributed by atoms with E-state index in [2.05, 4.69) is 33.7 Å². The number of carbonyl (C=O) groups excluding carboxylic acids is 6. The Hall–Kier alpha value is -11.8. The number of benzene rings is 6. The molecule has 0 bridgehead atoms. The largest absolute Gasteiger partial charge is 0.436 e. The molecule has 0 saturated heterocycles. The van der Waals surface area contributed by atoms with Crippen LogP contribution in [0.4, 0.5) is 22.7 Å². The van der Waals surface area contributed by atoms with E-state index in [1.807, 2.05) is 131 Å². The lowest BCUT2D eigenvalue weighted by molar-refractivity contribution is -0.343. The van der Waals surface area contributed by atoms with Crippen molar-refractivity contribution < 1.29 is 67.3 Å². The number of terminal acetylenes is 4. The van der Waals surface area contributed by atoms with Crippen molar-refractivity contribution in [1.82, 2.24) is 0 Å². The highest BCUT2D eigenvalue weighted by atomic mass is 32.1. The summed E-state index contributed by atoms with van der Waals surface area (Å²) in [6.45, 7) is 5.29. The van der Waals surface area contributed by atoms with Gasteiger partial charge in [-0.1, -0.05) is 121 Å². The van der Waals surface area contributed by atoms with Crippen LogP contribution in [-0.4, -0.2) is 151 Å². The van der Waals surface area contributed by atoms with E-state index in [4.69, 9.17) is 74.2 Å². The number of aryl methyl sites for hydroxylation is 4. The fourth-order valence-electron chi connectivity index (χ4n) is 11.8. The summed E-state index contributed by atoms with van der Waals surface area (Å²) < 4.78 is 21.2. The van der Waals surface area contributed by atoms with Crippen LogP contribution in [0.15, 0.2) is 166 Å². The standard InChI is InChI=1S/C42H36N4O7.C38H32N4O7S2/c1-7-28-17-19-35-32(21-28)37(30-15-11-9-13-26(30)3)43-34(40(47)45(35)5)23-52-53-25-50-24-51-42(49)39-41(48)46(6)36-20-18-29(8-2)22-33(36)38(44-39)31-16-12-10-14-27(31)4;1-7-24-17-29-34(50-24)31(26-15-11-9-13-22(26)3)39-28(36(43)41(29)5)19-48-49-21-46-20-47-38(45)33-37(44)42(6)30-18-25(8-2)51-35(30)32(40-33)27-16-12-10-14-23(27)4/h1-2,9-22,34,39H,23-25H2,3-6H3;1-2,9-18,28,33H,19-21H2,3-6H3. The van der Waals surface area contributed by atoms with Crippen molar-refractivity contribution in [2.75, 3.05) is 88.2 Å². The Balaban J connectivity index is 0.000000208. The summed E-state index contributed by atoms with van der Waals surface area (Å²) in [6.07, 6.45) is 22.7. The molecule has 22 nitrogen and oxygen atoms in total. The molecule has 4 aliphatic heterocycles. The SMILES string of the molecule is C#Cc1cc2c(s1)C(c1ccccc1C)=NC(COOCOCOC(=O)C1N=C(c3ccccc3C)c3sc(C#C)cc3N(C)C1=O)C(=O)N2C.C#Cc1ccc2c(c1)C(c1ccccc1C)=NC(COOCOCOC(=O)C1N=C(c3ccccc3C)c3cc(C#C)ccc3N(C)C1=O)C(=O)N2C. The van der Waals surface area contributed by atoms with Gasteiger partial charge in [-0.2, -0.15) is 0 Å². The van der Waals surface area contributed by atoms with Gasteiger partial charge >= 0.3 is 11.9 Å². The second-order valence-corrected chi connectivity index (χ2v) is 26.0. The van der Waals surface area contributed by atoms with E-state index >= 15 is 0 Å². The van der Waals surface area contributed by atoms with Crippen LogP contribution in [0.25, 0.3) is 0 Å². The van der Waals surface area contributed by atoms with Crippen molar-refractivity contribution in [3.8, 4) is 49.4 Å². The van der Waals surface area contributed by atoms with Crippen LogP contribution in [0.3, 0.4) is 0 Å². The summed E-state index contributed by atoms with van der Waals surface area (Å²) in [6, 6.07) is 39.8. The molecule has 6 aromatic carbocycles. The molecule has 0 aliphatic carbocycles. The van der Waals surface area contributed by atoms with E-state index in [1.165, 1.54) is 42.3 Å². The van der Waals surface area contributed by atoms with E-state index in [1.54, 1.807) is 70.7 Å². The first-order chi connectivity index (χ1) is 50.2. The molecule has 0 radical (unpaired) electrons. The number of benzodiazepines with no additional fused rings is 2. The van der Waals surface area contributed by atoms with Crippen molar-refractivity contribution >= 4 is 104 Å². The zero-order valence-corrected chi connectivity index (χ0v) is 59.5. The van der Waals surface area contributed by atoms with Crippen molar-refractivity contribution in [2.24, 2.45) is 20.0 Å². The molecule has 0 fully saturated rings. The Kier molecular flexibility index (Phi) is 23.2. The van der Waals surface area contributed by atoms with Crippen molar-refractivity contribution in [3.63, 3.8) is 0 Å². The van der Waals surface area contributed by atoms with E-state index < -0.39 is 75.1 Å². The molecule has 4 aliphatic rings. The highest BCUT2D eigenvalue weighted by molar-refractivity contribution is 7.16. The molecule has 0 N–H and O–H groups in total. The van der Waals surface area contributed by atoms with E-state index in [9.17, 15) is 28.8 Å². The molecule has 4 unspecified atom stereocenters. The second kappa shape index (κ2) is 32.9. The minimum Gasteiger partial charge on any atom is -0.436 e. The molecule has 24 heteroatoms. The Morgan fingerprint density at radius 1 is 0.394 bits per heavy atom. The van der Waals surface area contributed by atoms with Crippen LogP contribution in [0, 0.1) is 77.1 Å². The first kappa shape index (κ1) is 73.4. The average molecular weight is 1430 g/mol. The lowest BCUT2D eigenvalue weighted by Crippen LogP contribution is -2.40. The van der Waals surface area contributed by atoms with Crippen molar-refractivity contribution in [3.05, 3.63) is 232 Å². The summed E-state index contributed by atoms with van der Waals surface area (Å²) in [5.74, 6) is 6.91. The monoisotopic (exact) mass is 1430 g/mol. The number of rotatable bonds is 20. The number of hydrogen-bond acceptors (Lipinski definition) is 20. The number of fused-ring (bicyclic) bond motifs is 4. The molecule has 4 atom stereocenters. The second-order valence-electron chi connectivity index (χ2n) is 23.9. The maximum Gasteiger partial charge on any atom is 0.342 e. The van der Waals surface area contributed by atoms with Gasteiger partial charge in [0.25, 0.3) is 23.6 Å². The predicted octanol–water partition coefficient (Wildman–Crippen LogP) is 9.63. The Labute approximate surface area is 609 Å². The van der Waals surface area contributed by atoms with Crippen LogP contribution in [0.5, 0.6) is 0 Å². The summed E-state index contributed by atoms with van der Waals surface area (Å²) >= 11 is 2.70. The number of carbonyl (C=O) groups is 6. The highest BCUT2D eigenvalue weighted by Gasteiger charge is 2.40. The summed E-state index contributed by atoms with van der Waals surface area (Å²) in [5, 5.41) is 0. The minimum absolute atomic E-state index is 0.219. The molecule has 0 saturated carbocycles. The molecule has 2 aromatic heterocycles. The van der Waals surface area contributed by atoms with Gasteiger partial charge in [0.05, 0.1) is 65.1 Å². The van der Waals surface area contributed by atoms with Crippen molar-refractivity contribution in [2.45, 2.75) is 51.9 Å². The van der Waals surface area contributed by atoms with Gasteiger partial charge in [-0.25, -0.2) is 29.1 Å². The zero-order valence-electron chi connectivity index (χ0n) is 57.8. The lowest BCUT2D eigenvalue weighted by Gasteiger charge is -2.20. The van der Waals surface area contributed by atoms with Crippen LogP contribution >= 0.6 is 22.7 Å². The molecule has 6 heterocycles. The van der Waals surface area contributed by atoms with E-state index in [0.717, 1.165) is 49.4 Å². The zero-order chi connectivity index (χ0) is 73.9. The van der Waals surface area contributed by atoms with Gasteiger partial charge < -0.3 is 38.5 Å². The number of aliphatic imine (C=N–C) groups is 4. The van der Waals surface area contributed by atoms with Gasteiger partial charge in [0.1, 0.15) is 13.2 Å². The van der Waals surface area contributed by atoms with Crippen LogP contribution in [-0.2, 0) is 67.3 Å². The van der Waals surface area contributed by atoms with Gasteiger partial charge in [-0.05, 0) is 98.5 Å². The first-order valence-electron chi connectivity index (χ1n) is 32.3. The summed E-state index contributed by atoms with van der Waals surface area (Å²) in [7, 11) is 6.45. The highest BCUT2D eigenvalue weighted by Crippen LogP contribution is 2.39. The number of anilines is 4. The van der Waals surface area contributed by atoms with Gasteiger partial charge in [0, 0.05) is 72.7 Å². The third kappa shape index (κ3) is 15.6. The van der Waals surface area contributed by atoms with Crippen LogP contribution < -0.4 is 19.6 Å². The third-order valence-electron chi connectivity index (χ3n) is 17.4. The van der Waals surface area contributed by atoms with Crippen LogP contribution in [0.2, 0.25) is 0 Å². The average Bonchev–Trinajstić information content (AvgIpc) is 1.89. The number of esters is 2. The van der Waals surface area contributed by atoms with E-state index in [0.29, 0.717) is 82.5 Å². The fourth-order valence-corrected chi connectivity index (χ4v) is 13.8. The van der Waals surface area contributed by atoms with Crippen LogP contribution in [0.1, 0.15) is 86.3 Å². The maximum absolute atomic E-state index is 13.5. The predicted molar refractivity (Wildman–Crippen MR) is 397 cm³/mol. The molecule has 104 heavy (non-hydrogen) atoms. The maximum atomic E-state index is 13.5. The number of ether oxygens (including phenoxy) is 4. The number of likely N-dealkylation sites (N-methyl/N-ethyl adjacent to an activating group) is 4. The Morgan fingerprint density at radius 3 is 1.12 bits per heavy atom. The third-order valence-corrected chi connectivity index (χ3v) is 19.5. The summed E-state index contributed by atoms with van der Waals surface area (Å²) in [5.41, 5.74) is 14.1. The summed E-state index contributed by atoms with van der Waals surface area (Å²) in [4.78, 5) is 129.